The summed E-state index contributed by atoms with van der Waals surface area (Å²) < 4.78 is 39.9. The number of hydrogen-bond acceptors (Lipinski definition) is 5. The molecule has 0 radical (unpaired) electrons. The summed E-state index contributed by atoms with van der Waals surface area (Å²) >= 11 is 0. The summed E-state index contributed by atoms with van der Waals surface area (Å²) in [7, 11) is 0. The molecule has 5 nitrogen and oxygen atoms in total. The Bertz CT molecular complexity index is 563. The Morgan fingerprint density at radius 1 is 1.00 bits per heavy atom. The van der Waals surface area contributed by atoms with E-state index < -0.39 is 11.6 Å². The van der Waals surface area contributed by atoms with Crippen LogP contribution in [0.25, 0.3) is 0 Å². The first kappa shape index (κ1) is 19.3. The number of benzene rings is 1. The van der Waals surface area contributed by atoms with Crippen LogP contribution in [-0.2, 0) is 4.74 Å². The van der Waals surface area contributed by atoms with Crippen molar-refractivity contribution in [1.29, 1.82) is 0 Å². The Labute approximate surface area is 154 Å². The van der Waals surface area contributed by atoms with Gasteiger partial charge in [0.15, 0.2) is 11.6 Å². The van der Waals surface area contributed by atoms with Gasteiger partial charge in [0.25, 0.3) is 0 Å². The highest BCUT2D eigenvalue weighted by Crippen LogP contribution is 2.29. The fraction of sp³-hybridized carbons (Fsp3) is 0.684. The Morgan fingerprint density at radius 2 is 1.62 bits per heavy atom. The van der Waals surface area contributed by atoms with Gasteiger partial charge in [-0.25, -0.2) is 8.78 Å². The van der Waals surface area contributed by atoms with E-state index in [4.69, 9.17) is 9.47 Å². The Kier molecular flexibility index (Phi) is 6.67. The van der Waals surface area contributed by atoms with Gasteiger partial charge in [-0.1, -0.05) is 0 Å². The van der Waals surface area contributed by atoms with E-state index in [0.29, 0.717) is 25.7 Å². The van der Waals surface area contributed by atoms with Gasteiger partial charge in [-0.3, -0.25) is 9.80 Å². The number of anilines is 1. The number of rotatable bonds is 6. The van der Waals surface area contributed by atoms with Crippen molar-refractivity contribution < 1.29 is 18.3 Å². The quantitative estimate of drug-likeness (QED) is 0.767. The van der Waals surface area contributed by atoms with Crippen molar-refractivity contribution >= 4 is 5.69 Å². The summed E-state index contributed by atoms with van der Waals surface area (Å²) in [5, 5.41) is 0. The number of piperazine rings is 1. The maximum atomic E-state index is 14.5. The lowest BCUT2D eigenvalue weighted by atomic mass is 10.2. The molecule has 0 amide bonds. The van der Waals surface area contributed by atoms with Crippen LogP contribution >= 0.6 is 0 Å². The van der Waals surface area contributed by atoms with Gasteiger partial charge in [0.1, 0.15) is 18.0 Å². The van der Waals surface area contributed by atoms with Crippen LogP contribution < -0.4 is 9.64 Å². The number of morpholine rings is 1. The smallest absolute Gasteiger partial charge is 0.153 e. The third-order valence-electron chi connectivity index (χ3n) is 5.13. The molecule has 2 aliphatic heterocycles. The average molecular weight is 369 g/mol. The van der Waals surface area contributed by atoms with E-state index in [1.807, 2.05) is 0 Å². The highest BCUT2D eigenvalue weighted by Gasteiger charge is 2.24. The van der Waals surface area contributed by atoms with Gasteiger partial charge < -0.3 is 14.4 Å². The normalized spacial score (nSPS) is 20.0. The van der Waals surface area contributed by atoms with E-state index in [1.54, 1.807) is 4.90 Å². The lowest BCUT2D eigenvalue weighted by molar-refractivity contribution is 0.0322. The summed E-state index contributed by atoms with van der Waals surface area (Å²) in [6.07, 6.45) is 0. The van der Waals surface area contributed by atoms with E-state index in [2.05, 4.69) is 23.6 Å². The number of ether oxygens (including phenoxy) is 2. The Hall–Kier alpha value is -1.44. The van der Waals surface area contributed by atoms with E-state index in [1.165, 1.54) is 12.1 Å². The zero-order valence-corrected chi connectivity index (χ0v) is 15.7. The maximum absolute atomic E-state index is 14.5. The van der Waals surface area contributed by atoms with Gasteiger partial charge in [0, 0.05) is 64.0 Å². The first-order valence-electron chi connectivity index (χ1n) is 9.45. The first-order chi connectivity index (χ1) is 12.5. The highest BCUT2D eigenvalue weighted by atomic mass is 19.1. The molecule has 2 saturated heterocycles. The molecule has 0 bridgehead atoms. The van der Waals surface area contributed by atoms with Crippen LogP contribution in [0.15, 0.2) is 12.1 Å². The fourth-order valence-corrected chi connectivity index (χ4v) is 3.51. The zero-order chi connectivity index (χ0) is 18.5. The van der Waals surface area contributed by atoms with Crippen LogP contribution in [0.5, 0.6) is 5.75 Å². The van der Waals surface area contributed by atoms with Gasteiger partial charge in [0.05, 0.1) is 13.2 Å². The number of hydrogen-bond donors (Lipinski definition) is 0. The lowest BCUT2D eigenvalue weighted by Crippen LogP contribution is -2.49. The molecule has 2 aliphatic rings. The van der Waals surface area contributed by atoms with Gasteiger partial charge >= 0.3 is 0 Å². The molecule has 0 N–H and O–H groups in total. The van der Waals surface area contributed by atoms with Crippen LogP contribution in [0.4, 0.5) is 14.5 Å². The van der Waals surface area contributed by atoms with Crippen molar-refractivity contribution in [2.75, 3.05) is 70.5 Å². The van der Waals surface area contributed by atoms with Crippen molar-refractivity contribution in [3.63, 3.8) is 0 Å². The average Bonchev–Trinajstić information content (AvgIpc) is 2.62. The molecule has 3 rings (SSSR count). The molecule has 146 valence electrons. The Morgan fingerprint density at radius 3 is 2.19 bits per heavy atom. The molecule has 0 aromatic heterocycles. The third-order valence-corrected chi connectivity index (χ3v) is 5.13. The zero-order valence-electron chi connectivity index (χ0n) is 15.7. The van der Waals surface area contributed by atoms with Gasteiger partial charge in [0.2, 0.25) is 0 Å². The minimum Gasteiger partial charge on any atom is -0.492 e. The van der Waals surface area contributed by atoms with Crippen LogP contribution in [-0.4, -0.2) is 81.5 Å². The fourth-order valence-electron chi connectivity index (χ4n) is 3.51. The minimum absolute atomic E-state index is 0.0638. The van der Waals surface area contributed by atoms with E-state index in [0.717, 1.165) is 45.9 Å². The van der Waals surface area contributed by atoms with Crippen molar-refractivity contribution in [1.82, 2.24) is 9.80 Å². The highest BCUT2D eigenvalue weighted by molar-refractivity contribution is 5.52. The van der Waals surface area contributed by atoms with Gasteiger partial charge in [-0.15, -0.1) is 0 Å². The molecule has 7 heteroatoms. The maximum Gasteiger partial charge on any atom is 0.153 e. The molecular formula is C19H29F2N3O2. The van der Waals surface area contributed by atoms with Crippen LogP contribution in [0.3, 0.4) is 0 Å². The van der Waals surface area contributed by atoms with E-state index >= 15 is 0 Å². The standard InChI is InChI=1S/C19H29F2N3O2/c1-15(2)23-3-5-24(6-4-23)19-17(20)13-16(14-18(19)21)26-12-9-22-7-10-25-11-8-22/h13-15H,3-12H2,1-2H3. The lowest BCUT2D eigenvalue weighted by Gasteiger charge is -2.38. The largest absolute Gasteiger partial charge is 0.492 e. The van der Waals surface area contributed by atoms with Crippen LogP contribution in [0.2, 0.25) is 0 Å². The number of halogens is 2. The molecule has 0 aliphatic carbocycles. The third kappa shape index (κ3) is 4.84. The molecule has 1 aromatic carbocycles. The molecule has 26 heavy (non-hydrogen) atoms. The number of nitrogens with zero attached hydrogens (tertiary/aromatic N) is 3. The second-order valence-corrected chi connectivity index (χ2v) is 7.15. The summed E-state index contributed by atoms with van der Waals surface area (Å²) in [5.41, 5.74) is 0.0638. The van der Waals surface area contributed by atoms with Crippen molar-refractivity contribution in [3.8, 4) is 5.75 Å². The SMILES string of the molecule is CC(C)N1CCN(c2c(F)cc(OCCN3CCOCC3)cc2F)CC1. The van der Waals surface area contributed by atoms with Crippen molar-refractivity contribution in [2.45, 2.75) is 19.9 Å². The summed E-state index contributed by atoms with van der Waals surface area (Å²) in [6, 6.07) is 3.05. The summed E-state index contributed by atoms with van der Waals surface area (Å²) in [6.45, 7) is 11.5. The molecule has 0 atom stereocenters. The molecule has 2 fully saturated rings. The first-order valence-corrected chi connectivity index (χ1v) is 9.45. The molecular weight excluding hydrogens is 340 g/mol. The van der Waals surface area contributed by atoms with Crippen molar-refractivity contribution in [3.05, 3.63) is 23.8 Å². The molecule has 2 heterocycles. The van der Waals surface area contributed by atoms with E-state index in [-0.39, 0.29) is 11.4 Å². The van der Waals surface area contributed by atoms with Crippen molar-refractivity contribution in [2.24, 2.45) is 0 Å². The molecule has 1 aromatic rings. The Balaban J connectivity index is 1.56. The summed E-state index contributed by atoms with van der Waals surface area (Å²) in [4.78, 5) is 6.33. The second-order valence-electron chi connectivity index (χ2n) is 7.15. The minimum atomic E-state index is -0.552. The summed E-state index contributed by atoms with van der Waals surface area (Å²) in [5.74, 6) is -0.855. The van der Waals surface area contributed by atoms with Crippen LogP contribution in [0.1, 0.15) is 13.8 Å². The second kappa shape index (κ2) is 8.97. The van der Waals surface area contributed by atoms with E-state index in [9.17, 15) is 8.78 Å². The molecule has 0 unspecified atom stereocenters. The van der Waals surface area contributed by atoms with Gasteiger partial charge in [-0.2, -0.15) is 0 Å². The monoisotopic (exact) mass is 369 g/mol. The van der Waals surface area contributed by atoms with Crippen LogP contribution in [0, 0.1) is 11.6 Å². The van der Waals surface area contributed by atoms with Gasteiger partial charge in [-0.05, 0) is 13.8 Å². The molecule has 0 saturated carbocycles. The molecule has 0 spiro atoms. The predicted molar refractivity (Wildman–Crippen MR) is 98.0 cm³/mol. The predicted octanol–water partition coefficient (Wildman–Crippen LogP) is 2.21. The topological polar surface area (TPSA) is 28.2 Å².